The SMILES string of the molecule is CCCCCCCCCCCCCCC(NCCCCCC)C(=O)O. The lowest BCUT2D eigenvalue weighted by molar-refractivity contribution is -0.139. The van der Waals surface area contributed by atoms with Crippen LogP contribution in [0.5, 0.6) is 0 Å². The summed E-state index contributed by atoms with van der Waals surface area (Å²) in [6, 6.07) is -0.343. The molecular weight excluding hydrogens is 310 g/mol. The summed E-state index contributed by atoms with van der Waals surface area (Å²) in [5.41, 5.74) is 0. The van der Waals surface area contributed by atoms with Crippen molar-refractivity contribution in [2.75, 3.05) is 6.54 Å². The molecule has 0 rings (SSSR count). The van der Waals surface area contributed by atoms with E-state index in [0.717, 1.165) is 25.8 Å². The summed E-state index contributed by atoms with van der Waals surface area (Å²) in [4.78, 5) is 11.3. The molecule has 3 heteroatoms. The van der Waals surface area contributed by atoms with Crippen molar-refractivity contribution in [2.45, 2.75) is 129 Å². The molecule has 0 spiro atoms. The molecule has 2 N–H and O–H groups in total. The molecule has 0 aliphatic carbocycles. The quantitative estimate of drug-likeness (QED) is 0.239. The maximum Gasteiger partial charge on any atom is 0.320 e. The van der Waals surface area contributed by atoms with Crippen LogP contribution in [0.4, 0.5) is 0 Å². The lowest BCUT2D eigenvalue weighted by Gasteiger charge is -2.14. The van der Waals surface area contributed by atoms with E-state index < -0.39 is 5.97 Å². The molecule has 0 aliphatic rings. The summed E-state index contributed by atoms with van der Waals surface area (Å²) in [5.74, 6) is -0.682. The summed E-state index contributed by atoms with van der Waals surface area (Å²) < 4.78 is 0. The lowest BCUT2D eigenvalue weighted by atomic mass is 10.0. The largest absolute Gasteiger partial charge is 0.480 e. The van der Waals surface area contributed by atoms with E-state index in [1.807, 2.05) is 0 Å². The maximum absolute atomic E-state index is 11.3. The minimum atomic E-state index is -0.682. The fraction of sp³-hybridized carbons (Fsp3) is 0.955. The molecule has 0 aromatic carbocycles. The molecule has 0 aliphatic heterocycles. The van der Waals surface area contributed by atoms with Gasteiger partial charge in [-0.3, -0.25) is 4.79 Å². The molecule has 0 saturated heterocycles. The first-order valence-corrected chi connectivity index (χ1v) is 11.2. The molecular formula is C22H45NO2. The number of carboxylic acids is 1. The van der Waals surface area contributed by atoms with E-state index in [4.69, 9.17) is 0 Å². The van der Waals surface area contributed by atoms with Crippen molar-refractivity contribution in [1.29, 1.82) is 0 Å². The fourth-order valence-electron chi connectivity index (χ4n) is 3.33. The number of hydrogen-bond acceptors (Lipinski definition) is 2. The average molecular weight is 356 g/mol. The summed E-state index contributed by atoms with van der Waals surface area (Å²) in [6.45, 7) is 5.30. The van der Waals surface area contributed by atoms with Crippen LogP contribution < -0.4 is 5.32 Å². The van der Waals surface area contributed by atoms with Crippen molar-refractivity contribution >= 4 is 5.97 Å². The minimum absolute atomic E-state index is 0.343. The van der Waals surface area contributed by atoms with Crippen LogP contribution in [0.3, 0.4) is 0 Å². The summed E-state index contributed by atoms with van der Waals surface area (Å²) >= 11 is 0. The molecule has 1 unspecified atom stereocenters. The first kappa shape index (κ1) is 24.4. The second-order valence-corrected chi connectivity index (χ2v) is 7.58. The Balaban J connectivity index is 3.40. The van der Waals surface area contributed by atoms with Gasteiger partial charge in [-0.25, -0.2) is 0 Å². The third-order valence-corrected chi connectivity index (χ3v) is 5.07. The average Bonchev–Trinajstić information content (AvgIpc) is 2.60. The number of hydrogen-bond donors (Lipinski definition) is 2. The van der Waals surface area contributed by atoms with Crippen LogP contribution in [0.2, 0.25) is 0 Å². The van der Waals surface area contributed by atoms with Crippen LogP contribution in [-0.2, 0) is 4.79 Å². The van der Waals surface area contributed by atoms with Gasteiger partial charge in [-0.1, -0.05) is 110 Å². The van der Waals surface area contributed by atoms with Gasteiger partial charge >= 0.3 is 5.97 Å². The number of carbonyl (C=O) groups is 1. The lowest BCUT2D eigenvalue weighted by Crippen LogP contribution is -2.37. The Bertz CT molecular complexity index is 281. The standard InChI is InChI=1S/C22H45NO2/c1-3-5-7-9-10-11-12-13-14-15-16-17-19-21(22(24)25)23-20-18-8-6-4-2/h21,23H,3-20H2,1-2H3,(H,24,25). The van der Waals surface area contributed by atoms with E-state index >= 15 is 0 Å². The number of unbranched alkanes of at least 4 members (excludes halogenated alkanes) is 14. The molecule has 3 nitrogen and oxygen atoms in total. The summed E-state index contributed by atoms with van der Waals surface area (Å²) in [6.07, 6.45) is 21.4. The first-order valence-electron chi connectivity index (χ1n) is 11.2. The van der Waals surface area contributed by atoms with Crippen LogP contribution in [0, 0.1) is 0 Å². The van der Waals surface area contributed by atoms with Crippen LogP contribution in [0.15, 0.2) is 0 Å². The predicted molar refractivity (Wildman–Crippen MR) is 109 cm³/mol. The zero-order valence-electron chi connectivity index (χ0n) is 17.2. The van der Waals surface area contributed by atoms with Gasteiger partial charge in [0.05, 0.1) is 0 Å². The maximum atomic E-state index is 11.3. The predicted octanol–water partition coefficient (Wildman–Crippen LogP) is 6.70. The van der Waals surface area contributed by atoms with Gasteiger partial charge in [-0.05, 0) is 19.4 Å². The molecule has 25 heavy (non-hydrogen) atoms. The Labute approximate surface area is 157 Å². The summed E-state index contributed by atoms with van der Waals surface area (Å²) in [5, 5.41) is 12.5. The smallest absolute Gasteiger partial charge is 0.320 e. The highest BCUT2D eigenvalue weighted by atomic mass is 16.4. The van der Waals surface area contributed by atoms with E-state index in [0.29, 0.717) is 0 Å². The molecule has 0 aromatic rings. The van der Waals surface area contributed by atoms with E-state index in [1.165, 1.54) is 89.9 Å². The van der Waals surface area contributed by atoms with Gasteiger partial charge in [0.1, 0.15) is 6.04 Å². The highest BCUT2D eigenvalue weighted by Gasteiger charge is 2.15. The van der Waals surface area contributed by atoms with Crippen molar-refractivity contribution in [3.05, 3.63) is 0 Å². The van der Waals surface area contributed by atoms with Crippen molar-refractivity contribution in [2.24, 2.45) is 0 Å². The Morgan fingerprint density at radius 1 is 0.680 bits per heavy atom. The van der Waals surface area contributed by atoms with Gasteiger partial charge in [0.2, 0.25) is 0 Å². The number of rotatable bonds is 20. The normalized spacial score (nSPS) is 12.4. The van der Waals surface area contributed by atoms with Gasteiger partial charge in [0.25, 0.3) is 0 Å². The third-order valence-electron chi connectivity index (χ3n) is 5.07. The minimum Gasteiger partial charge on any atom is -0.480 e. The van der Waals surface area contributed by atoms with Gasteiger partial charge in [-0.15, -0.1) is 0 Å². The second kappa shape index (κ2) is 19.8. The zero-order chi connectivity index (χ0) is 18.6. The van der Waals surface area contributed by atoms with E-state index in [1.54, 1.807) is 0 Å². The van der Waals surface area contributed by atoms with Crippen LogP contribution in [0.1, 0.15) is 123 Å². The molecule has 0 fully saturated rings. The summed E-state index contributed by atoms with van der Waals surface area (Å²) in [7, 11) is 0. The van der Waals surface area contributed by atoms with E-state index in [2.05, 4.69) is 19.2 Å². The van der Waals surface area contributed by atoms with Gasteiger partial charge in [-0.2, -0.15) is 0 Å². The Morgan fingerprint density at radius 3 is 1.52 bits per heavy atom. The zero-order valence-corrected chi connectivity index (χ0v) is 17.2. The number of carboxylic acid groups (broad SMARTS) is 1. The van der Waals surface area contributed by atoms with Gasteiger partial charge in [0, 0.05) is 0 Å². The molecule has 1 atom stereocenters. The Hall–Kier alpha value is -0.570. The third kappa shape index (κ3) is 18.0. The molecule has 0 bridgehead atoms. The van der Waals surface area contributed by atoms with Gasteiger partial charge in [0.15, 0.2) is 0 Å². The van der Waals surface area contributed by atoms with Crippen molar-refractivity contribution in [3.8, 4) is 0 Å². The second-order valence-electron chi connectivity index (χ2n) is 7.58. The van der Waals surface area contributed by atoms with Crippen molar-refractivity contribution < 1.29 is 9.90 Å². The Morgan fingerprint density at radius 2 is 1.08 bits per heavy atom. The van der Waals surface area contributed by atoms with E-state index in [-0.39, 0.29) is 6.04 Å². The van der Waals surface area contributed by atoms with Gasteiger partial charge < -0.3 is 10.4 Å². The molecule has 0 saturated carbocycles. The van der Waals surface area contributed by atoms with Crippen LogP contribution >= 0.6 is 0 Å². The molecule has 0 radical (unpaired) electrons. The molecule has 0 amide bonds. The number of aliphatic carboxylic acids is 1. The van der Waals surface area contributed by atoms with Crippen molar-refractivity contribution in [3.63, 3.8) is 0 Å². The van der Waals surface area contributed by atoms with Crippen LogP contribution in [-0.4, -0.2) is 23.7 Å². The van der Waals surface area contributed by atoms with E-state index in [9.17, 15) is 9.90 Å². The highest BCUT2D eigenvalue weighted by Crippen LogP contribution is 2.13. The molecule has 150 valence electrons. The highest BCUT2D eigenvalue weighted by molar-refractivity contribution is 5.73. The monoisotopic (exact) mass is 355 g/mol. The Kier molecular flexibility index (Phi) is 19.3. The topological polar surface area (TPSA) is 49.3 Å². The molecule has 0 heterocycles. The van der Waals surface area contributed by atoms with Crippen molar-refractivity contribution in [1.82, 2.24) is 5.32 Å². The fourth-order valence-corrected chi connectivity index (χ4v) is 3.33. The first-order chi connectivity index (χ1) is 12.2. The number of nitrogens with one attached hydrogen (secondary N) is 1. The molecule has 0 aromatic heterocycles. The van der Waals surface area contributed by atoms with Crippen LogP contribution in [0.25, 0.3) is 0 Å².